The maximum atomic E-state index is 12.3. The highest BCUT2D eigenvalue weighted by molar-refractivity contribution is 5.88. The van der Waals surface area contributed by atoms with E-state index < -0.39 is 6.10 Å². The van der Waals surface area contributed by atoms with Gasteiger partial charge in [0.2, 0.25) is 5.91 Å². The fourth-order valence-electron chi connectivity index (χ4n) is 3.52. The fraction of sp³-hybridized carbons (Fsp3) is 0.444. The minimum Gasteiger partial charge on any atom is -0.364 e. The van der Waals surface area contributed by atoms with Crippen LogP contribution >= 0.6 is 0 Å². The van der Waals surface area contributed by atoms with Crippen molar-refractivity contribution in [1.82, 2.24) is 9.96 Å². The van der Waals surface area contributed by atoms with Gasteiger partial charge in [-0.25, -0.2) is 0 Å². The summed E-state index contributed by atoms with van der Waals surface area (Å²) in [7, 11) is 1.83. The number of benzene rings is 1. The van der Waals surface area contributed by atoms with Crippen molar-refractivity contribution in [3.63, 3.8) is 0 Å². The first kappa shape index (κ1) is 16.8. The number of carbonyl (C=O) groups is 2. The zero-order chi connectivity index (χ0) is 17.1. The molecule has 1 aromatic rings. The SMILES string of the molecule is C=CC(=O)N1C[C@H]2C[C@@H]([C@H]1[C@H](C=O)OCc1ccccc1)N(C)O2. The summed E-state index contributed by atoms with van der Waals surface area (Å²) in [6.45, 7) is 4.32. The molecule has 2 aliphatic rings. The highest BCUT2D eigenvalue weighted by atomic mass is 16.7. The van der Waals surface area contributed by atoms with Gasteiger partial charge in [0.15, 0.2) is 6.29 Å². The summed E-state index contributed by atoms with van der Waals surface area (Å²) in [6.07, 6.45) is 2.08. The Morgan fingerprint density at radius 3 is 2.88 bits per heavy atom. The number of hydrogen-bond acceptors (Lipinski definition) is 5. The summed E-state index contributed by atoms with van der Waals surface area (Å²) in [4.78, 5) is 31.4. The molecule has 128 valence electrons. The monoisotopic (exact) mass is 330 g/mol. The van der Waals surface area contributed by atoms with Crippen LogP contribution in [-0.4, -0.2) is 60.0 Å². The van der Waals surface area contributed by atoms with E-state index in [0.29, 0.717) is 13.2 Å². The van der Waals surface area contributed by atoms with E-state index in [1.807, 2.05) is 37.4 Å². The molecule has 2 bridgehead atoms. The van der Waals surface area contributed by atoms with Crippen LogP contribution < -0.4 is 0 Å². The van der Waals surface area contributed by atoms with Gasteiger partial charge >= 0.3 is 0 Å². The summed E-state index contributed by atoms with van der Waals surface area (Å²) in [5, 5.41) is 1.74. The minimum absolute atomic E-state index is 0.0402. The standard InChI is InChI=1S/C18H22N2O4/c1-3-17(22)20-10-14-9-15(19(2)24-14)18(20)16(11-21)23-12-13-7-5-4-6-8-13/h3-8,11,14-16,18H,1,9-10,12H2,2H3/t14-,15+,16+,18+/m1/s1. The molecule has 2 saturated heterocycles. The molecule has 1 aromatic carbocycles. The van der Waals surface area contributed by atoms with Crippen LogP contribution in [0.3, 0.4) is 0 Å². The van der Waals surface area contributed by atoms with Crippen molar-refractivity contribution >= 4 is 12.2 Å². The van der Waals surface area contributed by atoms with E-state index in [1.54, 1.807) is 9.96 Å². The van der Waals surface area contributed by atoms with Gasteiger partial charge < -0.3 is 14.4 Å². The van der Waals surface area contributed by atoms with Crippen LogP contribution in [-0.2, 0) is 25.8 Å². The van der Waals surface area contributed by atoms with Gasteiger partial charge in [0.1, 0.15) is 6.10 Å². The predicted octanol–water partition coefficient (Wildman–Crippen LogP) is 1.17. The van der Waals surface area contributed by atoms with Gasteiger partial charge in [0.05, 0.1) is 24.8 Å². The number of aldehydes is 1. The quantitative estimate of drug-likeness (QED) is 0.579. The van der Waals surface area contributed by atoms with Crippen LogP contribution in [0.1, 0.15) is 12.0 Å². The molecule has 0 radical (unpaired) electrons. The third-order valence-electron chi connectivity index (χ3n) is 4.65. The second-order valence-corrected chi connectivity index (χ2v) is 6.16. The normalized spacial score (nSPS) is 27.7. The molecular weight excluding hydrogens is 308 g/mol. The van der Waals surface area contributed by atoms with Crippen LogP contribution in [0.2, 0.25) is 0 Å². The molecule has 2 aliphatic heterocycles. The lowest BCUT2D eigenvalue weighted by molar-refractivity contribution is -0.144. The lowest BCUT2D eigenvalue weighted by Crippen LogP contribution is -2.59. The van der Waals surface area contributed by atoms with Crippen molar-refractivity contribution in [3.05, 3.63) is 48.6 Å². The van der Waals surface area contributed by atoms with E-state index in [4.69, 9.17) is 9.57 Å². The van der Waals surface area contributed by atoms with Crippen molar-refractivity contribution in [1.29, 1.82) is 0 Å². The molecule has 24 heavy (non-hydrogen) atoms. The molecule has 1 amide bonds. The topological polar surface area (TPSA) is 59.1 Å². The number of likely N-dealkylation sites (tertiary alicyclic amines) is 1. The Bertz CT molecular complexity index is 606. The number of hydrogen-bond donors (Lipinski definition) is 0. The number of ether oxygens (including phenoxy) is 1. The zero-order valence-electron chi connectivity index (χ0n) is 13.7. The lowest BCUT2D eigenvalue weighted by Gasteiger charge is -2.41. The summed E-state index contributed by atoms with van der Waals surface area (Å²) in [5.41, 5.74) is 0.982. The summed E-state index contributed by atoms with van der Waals surface area (Å²) >= 11 is 0. The number of carbonyl (C=O) groups excluding carboxylic acids is 2. The molecule has 3 rings (SSSR count). The predicted molar refractivity (Wildman–Crippen MR) is 87.8 cm³/mol. The number of amides is 1. The number of likely N-dealkylation sites (N-methyl/N-ethyl adjacent to an activating group) is 1. The maximum Gasteiger partial charge on any atom is 0.246 e. The minimum atomic E-state index is -0.718. The first-order valence-corrected chi connectivity index (χ1v) is 8.07. The molecule has 6 nitrogen and oxygen atoms in total. The molecule has 0 unspecified atom stereocenters. The Kier molecular flexibility index (Phi) is 5.08. The molecule has 0 aromatic heterocycles. The summed E-state index contributed by atoms with van der Waals surface area (Å²) in [6, 6.07) is 9.20. The second-order valence-electron chi connectivity index (χ2n) is 6.16. The van der Waals surface area contributed by atoms with Crippen molar-refractivity contribution in [2.45, 2.75) is 37.3 Å². The van der Waals surface area contributed by atoms with Crippen LogP contribution in [0.5, 0.6) is 0 Å². The second kappa shape index (κ2) is 7.25. The number of piperidine rings is 1. The molecule has 0 aliphatic carbocycles. The van der Waals surface area contributed by atoms with E-state index in [9.17, 15) is 9.59 Å². The van der Waals surface area contributed by atoms with E-state index >= 15 is 0 Å². The fourth-order valence-corrected chi connectivity index (χ4v) is 3.52. The van der Waals surface area contributed by atoms with E-state index in [2.05, 4.69) is 6.58 Å². The Morgan fingerprint density at radius 2 is 2.21 bits per heavy atom. The summed E-state index contributed by atoms with van der Waals surface area (Å²) in [5.74, 6) is -0.205. The average molecular weight is 330 g/mol. The Morgan fingerprint density at radius 1 is 1.46 bits per heavy atom. The molecule has 2 heterocycles. The molecule has 0 spiro atoms. The van der Waals surface area contributed by atoms with E-state index in [1.165, 1.54) is 6.08 Å². The molecule has 0 N–H and O–H groups in total. The van der Waals surface area contributed by atoms with Crippen molar-refractivity contribution in [2.24, 2.45) is 0 Å². The highest BCUT2D eigenvalue weighted by Crippen LogP contribution is 2.33. The molecule has 4 atom stereocenters. The van der Waals surface area contributed by atoms with Crippen LogP contribution in [0.15, 0.2) is 43.0 Å². The average Bonchev–Trinajstić information content (AvgIpc) is 2.91. The van der Waals surface area contributed by atoms with E-state index in [0.717, 1.165) is 18.3 Å². The zero-order valence-corrected chi connectivity index (χ0v) is 13.7. The van der Waals surface area contributed by atoms with Gasteiger partial charge in [-0.05, 0) is 18.1 Å². The van der Waals surface area contributed by atoms with Crippen LogP contribution in [0.25, 0.3) is 0 Å². The first-order chi connectivity index (χ1) is 11.6. The number of nitrogens with zero attached hydrogens (tertiary/aromatic N) is 2. The highest BCUT2D eigenvalue weighted by Gasteiger charge is 2.49. The third-order valence-corrected chi connectivity index (χ3v) is 4.65. The lowest BCUT2D eigenvalue weighted by atomic mass is 9.91. The Hall–Kier alpha value is -2.02. The number of fused-ring (bicyclic) bond motifs is 2. The Balaban J connectivity index is 1.79. The molecular formula is C18H22N2O4. The number of rotatable bonds is 6. The molecule has 2 fully saturated rings. The van der Waals surface area contributed by atoms with Gasteiger partial charge in [0.25, 0.3) is 0 Å². The van der Waals surface area contributed by atoms with Gasteiger partial charge in [0, 0.05) is 13.6 Å². The number of hydroxylamine groups is 2. The van der Waals surface area contributed by atoms with Gasteiger partial charge in [-0.1, -0.05) is 36.9 Å². The first-order valence-electron chi connectivity index (χ1n) is 8.07. The van der Waals surface area contributed by atoms with Crippen molar-refractivity contribution in [3.8, 4) is 0 Å². The van der Waals surface area contributed by atoms with Gasteiger partial charge in [-0.15, -0.1) is 0 Å². The Labute approximate surface area is 141 Å². The smallest absolute Gasteiger partial charge is 0.246 e. The molecule has 0 saturated carbocycles. The summed E-state index contributed by atoms with van der Waals surface area (Å²) < 4.78 is 5.86. The van der Waals surface area contributed by atoms with Crippen LogP contribution in [0.4, 0.5) is 0 Å². The van der Waals surface area contributed by atoms with Crippen LogP contribution in [0, 0.1) is 0 Å². The maximum absolute atomic E-state index is 12.3. The van der Waals surface area contributed by atoms with Gasteiger partial charge in [-0.3, -0.25) is 9.63 Å². The third kappa shape index (κ3) is 3.26. The van der Waals surface area contributed by atoms with Crippen molar-refractivity contribution in [2.75, 3.05) is 13.6 Å². The van der Waals surface area contributed by atoms with Gasteiger partial charge in [-0.2, -0.15) is 5.06 Å². The van der Waals surface area contributed by atoms with E-state index in [-0.39, 0.29) is 24.1 Å². The van der Waals surface area contributed by atoms with Crippen molar-refractivity contribution < 1.29 is 19.2 Å². The molecule has 6 heteroatoms. The largest absolute Gasteiger partial charge is 0.364 e.